The first-order valence-corrected chi connectivity index (χ1v) is 6.56. The van der Waals surface area contributed by atoms with Gasteiger partial charge in [0.2, 0.25) is 5.28 Å². The van der Waals surface area contributed by atoms with Crippen LogP contribution in [0.2, 0.25) is 5.28 Å². The minimum atomic E-state index is -0.281. The summed E-state index contributed by atoms with van der Waals surface area (Å²) in [5.41, 5.74) is 0.373. The fourth-order valence-electron chi connectivity index (χ4n) is 2.68. The normalized spacial score (nSPS) is 15.8. The number of pyridine rings is 1. The van der Waals surface area contributed by atoms with Crippen LogP contribution in [0.25, 0.3) is 11.0 Å². The van der Waals surface area contributed by atoms with Crippen LogP contribution in [0.5, 0.6) is 0 Å². The van der Waals surface area contributed by atoms with E-state index in [1.54, 1.807) is 10.8 Å². The topological polar surface area (TPSA) is 71.6 Å². The van der Waals surface area contributed by atoms with E-state index in [0.29, 0.717) is 11.0 Å². The molecule has 96 valence electrons. The Morgan fingerprint density at radius 3 is 2.84 bits per heavy atom. The van der Waals surface area contributed by atoms with Crippen molar-refractivity contribution >= 4 is 22.6 Å². The number of rotatable bonds is 1. The predicted octanol–water partition coefficient (Wildman–Crippen LogP) is 2.43. The fourth-order valence-corrected chi connectivity index (χ4v) is 2.81. The van der Waals surface area contributed by atoms with Gasteiger partial charge in [0.1, 0.15) is 17.3 Å². The van der Waals surface area contributed by atoms with Gasteiger partial charge >= 0.3 is 0 Å². The zero-order valence-corrected chi connectivity index (χ0v) is 10.9. The minimum Gasteiger partial charge on any atom is -0.288 e. The van der Waals surface area contributed by atoms with Crippen LogP contribution in [0.4, 0.5) is 0 Å². The number of aromatic nitrogens is 3. The molecular weight excluding hydrogens is 264 g/mol. The van der Waals surface area contributed by atoms with Crippen LogP contribution in [0.15, 0.2) is 17.1 Å². The average Bonchev–Trinajstić information content (AvgIpc) is 2.91. The first-order chi connectivity index (χ1) is 9.20. The molecule has 19 heavy (non-hydrogen) atoms. The van der Waals surface area contributed by atoms with Gasteiger partial charge in [-0.3, -0.25) is 9.36 Å². The maximum Gasteiger partial charge on any atom is 0.270 e. The molecule has 0 unspecified atom stereocenters. The Kier molecular flexibility index (Phi) is 2.96. The molecule has 0 bridgehead atoms. The molecule has 0 N–H and O–H groups in total. The van der Waals surface area contributed by atoms with Gasteiger partial charge in [-0.15, -0.1) is 0 Å². The van der Waals surface area contributed by atoms with Gasteiger partial charge in [0, 0.05) is 17.6 Å². The monoisotopic (exact) mass is 274 g/mol. The van der Waals surface area contributed by atoms with Crippen molar-refractivity contribution in [3.05, 3.63) is 33.5 Å². The molecule has 0 atom stereocenters. The second-order valence-electron chi connectivity index (χ2n) is 4.70. The first kappa shape index (κ1) is 12.1. The lowest BCUT2D eigenvalue weighted by Gasteiger charge is -2.16. The summed E-state index contributed by atoms with van der Waals surface area (Å²) in [6.45, 7) is 0. The third kappa shape index (κ3) is 1.98. The maximum atomic E-state index is 12.3. The van der Waals surface area contributed by atoms with Crippen molar-refractivity contribution in [2.24, 2.45) is 0 Å². The lowest BCUT2D eigenvalue weighted by molar-refractivity contribution is 0.515. The van der Waals surface area contributed by atoms with Crippen molar-refractivity contribution in [3.8, 4) is 6.07 Å². The molecule has 2 aromatic rings. The highest BCUT2D eigenvalue weighted by Gasteiger charge is 2.22. The van der Waals surface area contributed by atoms with E-state index < -0.39 is 0 Å². The molecule has 1 fully saturated rings. The Bertz CT molecular complexity index is 741. The van der Waals surface area contributed by atoms with Gasteiger partial charge in [0.05, 0.1) is 0 Å². The van der Waals surface area contributed by atoms with Crippen LogP contribution in [0.1, 0.15) is 37.3 Å². The zero-order chi connectivity index (χ0) is 13.4. The van der Waals surface area contributed by atoms with Crippen molar-refractivity contribution in [2.75, 3.05) is 0 Å². The van der Waals surface area contributed by atoms with Gasteiger partial charge in [-0.25, -0.2) is 4.98 Å². The summed E-state index contributed by atoms with van der Waals surface area (Å²) in [5, 5.41) is 9.86. The molecule has 3 rings (SSSR count). The third-order valence-electron chi connectivity index (χ3n) is 3.55. The van der Waals surface area contributed by atoms with E-state index >= 15 is 0 Å². The van der Waals surface area contributed by atoms with Gasteiger partial charge in [-0.2, -0.15) is 10.2 Å². The number of hydrogen-bond acceptors (Lipinski definition) is 4. The van der Waals surface area contributed by atoms with Gasteiger partial charge in [0.15, 0.2) is 0 Å². The van der Waals surface area contributed by atoms with Crippen LogP contribution in [-0.4, -0.2) is 14.5 Å². The summed E-state index contributed by atoms with van der Waals surface area (Å²) in [6.07, 6.45) is 5.61. The Balaban J connectivity index is 2.37. The summed E-state index contributed by atoms with van der Waals surface area (Å²) >= 11 is 5.82. The number of fused-ring (bicyclic) bond motifs is 1. The van der Waals surface area contributed by atoms with E-state index in [2.05, 4.69) is 9.97 Å². The lowest BCUT2D eigenvalue weighted by Crippen LogP contribution is -2.26. The molecule has 2 aromatic heterocycles. The van der Waals surface area contributed by atoms with Crippen molar-refractivity contribution < 1.29 is 0 Å². The van der Waals surface area contributed by atoms with Crippen molar-refractivity contribution in [2.45, 2.75) is 31.7 Å². The smallest absolute Gasteiger partial charge is 0.270 e. The average molecular weight is 275 g/mol. The summed E-state index contributed by atoms with van der Waals surface area (Å²) in [5.74, 6) is 0. The van der Waals surface area contributed by atoms with Crippen LogP contribution in [0, 0.1) is 11.3 Å². The Hall–Kier alpha value is -1.93. The van der Waals surface area contributed by atoms with E-state index in [1.165, 1.54) is 6.07 Å². The third-order valence-corrected chi connectivity index (χ3v) is 3.74. The van der Waals surface area contributed by atoms with Crippen LogP contribution in [-0.2, 0) is 0 Å². The van der Waals surface area contributed by atoms with Crippen LogP contribution in [0.3, 0.4) is 0 Å². The van der Waals surface area contributed by atoms with Crippen molar-refractivity contribution in [1.82, 2.24) is 14.5 Å². The molecule has 5 nitrogen and oxygen atoms in total. The first-order valence-electron chi connectivity index (χ1n) is 6.18. The van der Waals surface area contributed by atoms with Crippen molar-refractivity contribution in [3.63, 3.8) is 0 Å². The van der Waals surface area contributed by atoms with Gasteiger partial charge < -0.3 is 0 Å². The molecule has 0 aromatic carbocycles. The second-order valence-corrected chi connectivity index (χ2v) is 5.04. The quantitative estimate of drug-likeness (QED) is 0.749. The molecule has 0 amide bonds. The number of halogens is 1. The summed E-state index contributed by atoms with van der Waals surface area (Å²) in [7, 11) is 0. The van der Waals surface area contributed by atoms with Crippen LogP contribution >= 0.6 is 11.6 Å². The largest absolute Gasteiger partial charge is 0.288 e. The molecular formula is C13H11ClN4O. The molecule has 1 aliphatic carbocycles. The molecule has 6 heteroatoms. The van der Waals surface area contributed by atoms with E-state index in [1.807, 2.05) is 6.07 Å². The zero-order valence-electron chi connectivity index (χ0n) is 10.1. The number of nitrogens with zero attached hydrogens (tertiary/aromatic N) is 4. The SMILES string of the molecule is N#Cc1cc2cnc(Cl)nc2n(C2CCCC2)c1=O. The molecule has 0 saturated heterocycles. The molecule has 2 heterocycles. The maximum absolute atomic E-state index is 12.3. The summed E-state index contributed by atoms with van der Waals surface area (Å²) < 4.78 is 1.62. The standard InChI is InChI=1S/C13H11ClN4O/c14-13-16-7-9-5-8(6-15)12(19)18(11(9)17-13)10-3-1-2-4-10/h5,7,10H,1-4H2. The van der Waals surface area contributed by atoms with E-state index in [4.69, 9.17) is 16.9 Å². The second kappa shape index (κ2) is 4.63. The predicted molar refractivity (Wildman–Crippen MR) is 71.0 cm³/mol. The van der Waals surface area contributed by atoms with Gasteiger partial charge in [-0.1, -0.05) is 12.8 Å². The fraction of sp³-hybridized carbons (Fsp3) is 0.385. The lowest BCUT2D eigenvalue weighted by atomic mass is 10.2. The van der Waals surface area contributed by atoms with Crippen LogP contribution < -0.4 is 5.56 Å². The van der Waals surface area contributed by atoms with Gasteiger partial charge in [0.25, 0.3) is 5.56 Å². The molecule has 0 spiro atoms. The molecule has 0 radical (unpaired) electrons. The van der Waals surface area contributed by atoms with Gasteiger partial charge in [-0.05, 0) is 30.5 Å². The number of nitriles is 1. The minimum absolute atomic E-state index is 0.106. The highest BCUT2D eigenvalue weighted by Crippen LogP contribution is 2.30. The Morgan fingerprint density at radius 1 is 1.42 bits per heavy atom. The molecule has 1 aliphatic rings. The Labute approximate surface area is 114 Å². The summed E-state index contributed by atoms with van der Waals surface area (Å²) in [4.78, 5) is 20.4. The summed E-state index contributed by atoms with van der Waals surface area (Å²) in [6, 6.07) is 3.58. The number of hydrogen-bond donors (Lipinski definition) is 0. The highest BCUT2D eigenvalue weighted by atomic mass is 35.5. The molecule has 0 aliphatic heterocycles. The van der Waals surface area contributed by atoms with Crippen molar-refractivity contribution in [1.29, 1.82) is 5.26 Å². The van der Waals surface area contributed by atoms with E-state index in [9.17, 15) is 4.79 Å². The van der Waals surface area contributed by atoms with E-state index in [0.717, 1.165) is 25.7 Å². The van der Waals surface area contributed by atoms with E-state index in [-0.39, 0.29) is 22.4 Å². The molecule has 1 saturated carbocycles. The highest BCUT2D eigenvalue weighted by molar-refractivity contribution is 6.28. The Morgan fingerprint density at radius 2 is 2.16 bits per heavy atom.